The van der Waals surface area contributed by atoms with Gasteiger partial charge in [-0.2, -0.15) is 0 Å². The van der Waals surface area contributed by atoms with Crippen LogP contribution in [-0.2, 0) is 0 Å². The summed E-state index contributed by atoms with van der Waals surface area (Å²) in [5.74, 6) is -0.350. The van der Waals surface area contributed by atoms with Crippen molar-refractivity contribution in [2.24, 2.45) is 0 Å². The van der Waals surface area contributed by atoms with Crippen LogP contribution in [0.5, 0.6) is 0 Å². The van der Waals surface area contributed by atoms with Gasteiger partial charge in [-0.3, -0.25) is 4.57 Å². The number of nitrogens with one attached hydrogen (secondary N) is 1. The third-order valence-electron chi connectivity index (χ3n) is 1.83. The molecule has 1 aromatic heterocycles. The van der Waals surface area contributed by atoms with E-state index in [0.717, 1.165) is 0 Å². The molecule has 0 saturated carbocycles. The van der Waals surface area contributed by atoms with Crippen molar-refractivity contribution in [2.45, 2.75) is 0 Å². The number of hydrogen-bond acceptors (Lipinski definition) is 1. The highest BCUT2D eigenvalue weighted by Crippen LogP contribution is 2.18. The predicted molar refractivity (Wildman–Crippen MR) is 54.0 cm³/mol. The van der Waals surface area contributed by atoms with Crippen molar-refractivity contribution in [3.8, 4) is 5.69 Å². The van der Waals surface area contributed by atoms with Crippen LogP contribution in [0.3, 0.4) is 0 Å². The highest BCUT2D eigenvalue weighted by molar-refractivity contribution is 9.10. The molecule has 1 N–H and O–H groups in total. The first kappa shape index (κ1) is 9.21. The van der Waals surface area contributed by atoms with E-state index in [1.165, 1.54) is 22.9 Å². The van der Waals surface area contributed by atoms with Gasteiger partial charge in [-0.1, -0.05) is 0 Å². The summed E-state index contributed by atoms with van der Waals surface area (Å²) in [6, 6.07) is 4.39. The lowest BCUT2D eigenvalue weighted by molar-refractivity contribution is 0.620. The van der Waals surface area contributed by atoms with E-state index >= 15 is 0 Å². The number of halogens is 2. The first-order valence-electron chi connectivity index (χ1n) is 3.90. The lowest BCUT2D eigenvalue weighted by atomic mass is 10.3. The van der Waals surface area contributed by atoms with E-state index in [9.17, 15) is 9.18 Å². The molecule has 0 bridgehead atoms. The molecular weight excluding hydrogens is 251 g/mol. The lowest BCUT2D eigenvalue weighted by Crippen LogP contribution is -2.13. The molecular formula is C9H6BrFN2O. The van der Waals surface area contributed by atoms with E-state index in [-0.39, 0.29) is 11.5 Å². The molecule has 72 valence electrons. The Morgan fingerprint density at radius 2 is 2.21 bits per heavy atom. The average Bonchev–Trinajstić information content (AvgIpc) is 2.57. The van der Waals surface area contributed by atoms with Crippen LogP contribution < -0.4 is 5.69 Å². The van der Waals surface area contributed by atoms with Crippen molar-refractivity contribution < 1.29 is 4.39 Å². The molecule has 1 aromatic carbocycles. The van der Waals surface area contributed by atoms with Gasteiger partial charge < -0.3 is 4.98 Å². The van der Waals surface area contributed by atoms with Crippen molar-refractivity contribution >= 4 is 15.9 Å². The third-order valence-corrected chi connectivity index (χ3v) is 2.44. The minimum atomic E-state index is -0.350. The zero-order valence-corrected chi connectivity index (χ0v) is 8.58. The maximum Gasteiger partial charge on any atom is 0.330 e. The zero-order chi connectivity index (χ0) is 10.1. The van der Waals surface area contributed by atoms with Crippen LogP contribution >= 0.6 is 15.9 Å². The minimum Gasteiger partial charge on any atom is -0.312 e. The molecule has 0 unspecified atom stereocenters. The van der Waals surface area contributed by atoms with Crippen LogP contribution in [0.1, 0.15) is 0 Å². The molecule has 2 rings (SSSR count). The number of nitrogens with zero attached hydrogens (tertiary/aromatic N) is 1. The summed E-state index contributed by atoms with van der Waals surface area (Å²) in [6.45, 7) is 0. The number of imidazole rings is 1. The lowest BCUT2D eigenvalue weighted by Gasteiger charge is -2.01. The molecule has 0 amide bonds. The first-order valence-corrected chi connectivity index (χ1v) is 4.69. The van der Waals surface area contributed by atoms with Crippen LogP contribution in [0.15, 0.2) is 39.9 Å². The van der Waals surface area contributed by atoms with E-state index in [4.69, 9.17) is 0 Å². The Morgan fingerprint density at radius 1 is 1.43 bits per heavy atom. The molecule has 1 heterocycles. The normalized spacial score (nSPS) is 10.4. The molecule has 0 radical (unpaired) electrons. The van der Waals surface area contributed by atoms with Gasteiger partial charge in [0.2, 0.25) is 0 Å². The van der Waals surface area contributed by atoms with E-state index in [1.807, 2.05) is 0 Å². The highest BCUT2D eigenvalue weighted by Gasteiger charge is 2.03. The summed E-state index contributed by atoms with van der Waals surface area (Å²) < 4.78 is 14.6. The second-order valence-electron chi connectivity index (χ2n) is 2.73. The summed E-state index contributed by atoms with van der Waals surface area (Å²) in [6.07, 6.45) is 3.11. The first-order chi connectivity index (χ1) is 6.68. The summed E-state index contributed by atoms with van der Waals surface area (Å²) in [4.78, 5) is 13.7. The smallest absolute Gasteiger partial charge is 0.312 e. The molecule has 0 aliphatic rings. The molecule has 14 heavy (non-hydrogen) atoms. The summed E-state index contributed by atoms with van der Waals surface area (Å²) in [7, 11) is 0. The quantitative estimate of drug-likeness (QED) is 0.834. The Morgan fingerprint density at radius 3 is 2.79 bits per heavy atom. The zero-order valence-electron chi connectivity index (χ0n) is 7.00. The maximum absolute atomic E-state index is 12.9. The molecule has 0 saturated heterocycles. The Bertz CT molecular complexity index is 518. The standard InChI is InChI=1S/C9H6BrFN2O/c10-7-5-6(1-2-8(7)11)13-4-3-12-9(13)14/h1-5H,(H,12,14). The Hall–Kier alpha value is -1.36. The SMILES string of the molecule is O=c1[nH]ccn1-c1ccc(F)c(Br)c1. The second kappa shape index (κ2) is 3.42. The number of rotatable bonds is 1. The molecule has 0 aliphatic heterocycles. The van der Waals surface area contributed by atoms with E-state index in [2.05, 4.69) is 20.9 Å². The van der Waals surface area contributed by atoms with Crippen LogP contribution in [0, 0.1) is 5.82 Å². The summed E-state index contributed by atoms with van der Waals surface area (Å²) in [5, 5.41) is 0. The van der Waals surface area contributed by atoms with Crippen molar-refractivity contribution in [3.05, 3.63) is 51.4 Å². The fraction of sp³-hybridized carbons (Fsp3) is 0. The van der Waals surface area contributed by atoms with Crippen LogP contribution in [0.4, 0.5) is 4.39 Å². The summed E-state index contributed by atoms with van der Waals surface area (Å²) in [5.41, 5.74) is 0.369. The second-order valence-corrected chi connectivity index (χ2v) is 3.59. The van der Waals surface area contributed by atoms with Crippen molar-refractivity contribution in [3.63, 3.8) is 0 Å². The number of benzene rings is 1. The van der Waals surface area contributed by atoms with Gasteiger partial charge >= 0.3 is 5.69 Å². The molecule has 0 fully saturated rings. The molecule has 5 heteroatoms. The average molecular weight is 257 g/mol. The van der Waals surface area contributed by atoms with Gasteiger partial charge in [0.05, 0.1) is 10.2 Å². The molecule has 0 spiro atoms. The number of H-pyrrole nitrogens is 1. The van der Waals surface area contributed by atoms with Gasteiger partial charge in [-0.25, -0.2) is 9.18 Å². The van der Waals surface area contributed by atoms with E-state index in [0.29, 0.717) is 10.2 Å². The van der Waals surface area contributed by atoms with E-state index < -0.39 is 0 Å². The van der Waals surface area contributed by atoms with Gasteiger partial charge in [-0.15, -0.1) is 0 Å². The Balaban J connectivity index is 2.59. The Kier molecular flexibility index (Phi) is 2.25. The largest absolute Gasteiger partial charge is 0.330 e. The van der Waals surface area contributed by atoms with Crippen LogP contribution in [-0.4, -0.2) is 9.55 Å². The van der Waals surface area contributed by atoms with Gasteiger partial charge in [0, 0.05) is 12.4 Å². The fourth-order valence-electron chi connectivity index (χ4n) is 1.16. The molecule has 0 aliphatic carbocycles. The number of hydrogen-bond donors (Lipinski definition) is 1. The molecule has 3 nitrogen and oxygen atoms in total. The highest BCUT2D eigenvalue weighted by atomic mass is 79.9. The van der Waals surface area contributed by atoms with E-state index in [1.54, 1.807) is 12.3 Å². The van der Waals surface area contributed by atoms with Gasteiger partial charge in [-0.05, 0) is 34.1 Å². The summed E-state index contributed by atoms with van der Waals surface area (Å²) >= 11 is 3.06. The molecule has 0 atom stereocenters. The number of aromatic amines is 1. The Labute approximate surface area is 87.3 Å². The van der Waals surface area contributed by atoms with Crippen LogP contribution in [0.25, 0.3) is 5.69 Å². The van der Waals surface area contributed by atoms with Crippen molar-refractivity contribution in [1.82, 2.24) is 9.55 Å². The predicted octanol–water partition coefficient (Wildman–Crippen LogP) is 2.07. The van der Waals surface area contributed by atoms with Gasteiger partial charge in [0.1, 0.15) is 5.82 Å². The topological polar surface area (TPSA) is 37.8 Å². The van der Waals surface area contributed by atoms with Crippen molar-refractivity contribution in [1.29, 1.82) is 0 Å². The molecule has 2 aromatic rings. The van der Waals surface area contributed by atoms with Crippen LogP contribution in [0.2, 0.25) is 0 Å². The number of aromatic nitrogens is 2. The van der Waals surface area contributed by atoms with Gasteiger partial charge in [0.25, 0.3) is 0 Å². The maximum atomic E-state index is 12.9. The fourth-order valence-corrected chi connectivity index (χ4v) is 1.53. The van der Waals surface area contributed by atoms with Crippen molar-refractivity contribution in [2.75, 3.05) is 0 Å². The monoisotopic (exact) mass is 256 g/mol. The third kappa shape index (κ3) is 1.50. The van der Waals surface area contributed by atoms with Gasteiger partial charge in [0.15, 0.2) is 0 Å². The minimum absolute atomic E-state index is 0.247.